The van der Waals surface area contributed by atoms with E-state index in [9.17, 15) is 22.8 Å². The highest BCUT2D eigenvalue weighted by molar-refractivity contribution is 5.80. The van der Waals surface area contributed by atoms with Gasteiger partial charge in [0, 0.05) is 50.7 Å². The number of carbonyl (C=O) groups excluding carboxylic acids is 2. The van der Waals surface area contributed by atoms with E-state index in [0.717, 1.165) is 18.8 Å². The van der Waals surface area contributed by atoms with Gasteiger partial charge in [0.2, 0.25) is 11.8 Å². The van der Waals surface area contributed by atoms with E-state index in [-0.39, 0.29) is 37.6 Å². The molecule has 0 aromatic heterocycles. The topological polar surface area (TPSA) is 52.7 Å². The van der Waals surface area contributed by atoms with Gasteiger partial charge in [-0.2, -0.15) is 13.2 Å². The van der Waals surface area contributed by atoms with Gasteiger partial charge in [-0.25, -0.2) is 0 Å². The summed E-state index contributed by atoms with van der Waals surface area (Å²) in [6.07, 6.45) is -3.23. The van der Waals surface area contributed by atoms with Gasteiger partial charge in [0.25, 0.3) is 0 Å². The molecule has 2 aliphatic rings. The third-order valence-electron chi connectivity index (χ3n) is 5.90. The molecule has 0 spiro atoms. The van der Waals surface area contributed by atoms with Crippen LogP contribution in [0, 0.1) is 11.8 Å². The van der Waals surface area contributed by atoms with Crippen molar-refractivity contribution in [2.24, 2.45) is 11.8 Å². The van der Waals surface area contributed by atoms with E-state index in [1.807, 2.05) is 30.3 Å². The van der Waals surface area contributed by atoms with E-state index in [0.29, 0.717) is 25.9 Å². The van der Waals surface area contributed by atoms with Crippen LogP contribution in [0.25, 0.3) is 0 Å². The summed E-state index contributed by atoms with van der Waals surface area (Å²) < 4.78 is 38.7. The number of para-hydroxylation sites is 1. The van der Waals surface area contributed by atoms with E-state index in [2.05, 4.69) is 10.2 Å². The molecule has 2 fully saturated rings. The van der Waals surface area contributed by atoms with Gasteiger partial charge in [0.15, 0.2) is 0 Å². The Morgan fingerprint density at radius 3 is 2.38 bits per heavy atom. The summed E-state index contributed by atoms with van der Waals surface area (Å²) in [7, 11) is 0. The van der Waals surface area contributed by atoms with E-state index in [1.54, 1.807) is 4.90 Å². The normalized spacial score (nSPS) is 23.0. The van der Waals surface area contributed by atoms with Crippen LogP contribution < -0.4 is 10.2 Å². The third-order valence-corrected chi connectivity index (χ3v) is 5.90. The first-order valence-electron chi connectivity index (χ1n) is 10.3. The van der Waals surface area contributed by atoms with Gasteiger partial charge < -0.3 is 15.1 Å². The number of hydrogen-bond acceptors (Lipinski definition) is 3. The molecule has 1 saturated heterocycles. The number of carbonyl (C=O) groups is 2. The summed E-state index contributed by atoms with van der Waals surface area (Å²) in [6.45, 7) is 2.92. The Morgan fingerprint density at radius 2 is 1.72 bits per heavy atom. The van der Waals surface area contributed by atoms with Crippen molar-refractivity contribution in [1.29, 1.82) is 0 Å². The molecule has 2 unspecified atom stereocenters. The van der Waals surface area contributed by atoms with Crippen LogP contribution in [0.4, 0.5) is 18.9 Å². The van der Waals surface area contributed by atoms with Crippen molar-refractivity contribution >= 4 is 17.5 Å². The Bertz CT molecular complexity index is 688. The quantitative estimate of drug-likeness (QED) is 0.810. The molecule has 3 rings (SSSR count). The smallest absolute Gasteiger partial charge is 0.368 e. The second-order valence-corrected chi connectivity index (χ2v) is 7.85. The number of hydrogen-bond donors (Lipinski definition) is 1. The zero-order valence-corrected chi connectivity index (χ0v) is 16.5. The molecule has 2 amide bonds. The van der Waals surface area contributed by atoms with E-state index >= 15 is 0 Å². The molecule has 2 atom stereocenters. The van der Waals surface area contributed by atoms with Crippen LogP contribution in [0.15, 0.2) is 30.3 Å². The van der Waals surface area contributed by atoms with E-state index < -0.39 is 18.0 Å². The number of nitrogens with one attached hydrogen (secondary N) is 1. The first-order chi connectivity index (χ1) is 13.8. The van der Waals surface area contributed by atoms with Crippen LogP contribution in [0.5, 0.6) is 0 Å². The fraction of sp³-hybridized carbons (Fsp3) is 0.619. The number of rotatable bonds is 5. The minimum atomic E-state index is -4.24. The van der Waals surface area contributed by atoms with E-state index in [1.165, 1.54) is 0 Å². The molecule has 1 aromatic carbocycles. The van der Waals surface area contributed by atoms with Gasteiger partial charge in [-0.05, 0) is 31.4 Å². The molecule has 1 N–H and O–H groups in total. The lowest BCUT2D eigenvalue weighted by atomic mass is 9.80. The molecule has 8 heteroatoms. The van der Waals surface area contributed by atoms with Crippen molar-refractivity contribution < 1.29 is 22.8 Å². The highest BCUT2D eigenvalue weighted by atomic mass is 19.4. The predicted molar refractivity (Wildman–Crippen MR) is 104 cm³/mol. The highest BCUT2D eigenvalue weighted by Gasteiger charge is 2.43. The van der Waals surface area contributed by atoms with Crippen molar-refractivity contribution in [2.75, 3.05) is 37.6 Å². The fourth-order valence-corrected chi connectivity index (χ4v) is 4.17. The Balaban J connectivity index is 1.37. The molecule has 1 aliphatic heterocycles. The molecule has 1 heterocycles. The fourth-order valence-electron chi connectivity index (χ4n) is 4.17. The first-order valence-corrected chi connectivity index (χ1v) is 10.3. The van der Waals surface area contributed by atoms with Gasteiger partial charge in [0.05, 0.1) is 5.92 Å². The molecule has 0 bridgehead atoms. The maximum Gasteiger partial charge on any atom is 0.391 e. The van der Waals surface area contributed by atoms with Crippen LogP contribution >= 0.6 is 0 Å². The number of benzene rings is 1. The molecule has 29 heavy (non-hydrogen) atoms. The summed E-state index contributed by atoms with van der Waals surface area (Å²) in [6, 6.07) is 10.0. The number of alkyl halides is 3. The van der Waals surface area contributed by atoms with E-state index in [4.69, 9.17) is 0 Å². The molecule has 5 nitrogen and oxygen atoms in total. The SMILES string of the molecule is O=C(NCCC(=O)N1CCN(c2ccccc2)CC1)C1CCCC(C(F)(F)F)C1. The third kappa shape index (κ3) is 5.87. The average Bonchev–Trinajstić information content (AvgIpc) is 2.74. The number of halogens is 3. The van der Waals surface area contributed by atoms with Gasteiger partial charge in [-0.1, -0.05) is 24.6 Å². The number of nitrogens with zero attached hydrogens (tertiary/aromatic N) is 2. The Kier molecular flexibility index (Phi) is 7.03. The minimum Gasteiger partial charge on any atom is -0.368 e. The summed E-state index contributed by atoms with van der Waals surface area (Å²) >= 11 is 0. The maximum atomic E-state index is 12.9. The zero-order valence-electron chi connectivity index (χ0n) is 16.5. The Labute approximate surface area is 169 Å². The lowest BCUT2D eigenvalue weighted by molar-refractivity contribution is -0.186. The Hall–Kier alpha value is -2.25. The van der Waals surface area contributed by atoms with Crippen molar-refractivity contribution in [3.8, 4) is 0 Å². The van der Waals surface area contributed by atoms with Crippen LogP contribution in [0.2, 0.25) is 0 Å². The summed E-state index contributed by atoms with van der Waals surface area (Å²) in [5, 5.41) is 2.66. The highest BCUT2D eigenvalue weighted by Crippen LogP contribution is 2.39. The second-order valence-electron chi connectivity index (χ2n) is 7.85. The van der Waals surface area contributed by atoms with Gasteiger partial charge in [-0.15, -0.1) is 0 Å². The summed E-state index contributed by atoms with van der Waals surface area (Å²) in [4.78, 5) is 28.6. The van der Waals surface area contributed by atoms with Crippen LogP contribution in [0.1, 0.15) is 32.1 Å². The van der Waals surface area contributed by atoms with Crippen LogP contribution in [-0.2, 0) is 9.59 Å². The molecular formula is C21H28F3N3O2. The van der Waals surface area contributed by atoms with Crippen LogP contribution in [-0.4, -0.2) is 55.6 Å². The Morgan fingerprint density at radius 1 is 1.03 bits per heavy atom. The second kappa shape index (κ2) is 9.50. The molecule has 1 saturated carbocycles. The maximum absolute atomic E-state index is 12.9. The first kappa shape index (κ1) is 21.5. The summed E-state index contributed by atoms with van der Waals surface area (Å²) in [5.41, 5.74) is 1.14. The van der Waals surface area contributed by atoms with Crippen molar-refractivity contribution in [3.63, 3.8) is 0 Å². The number of anilines is 1. The number of amides is 2. The molecule has 1 aliphatic carbocycles. The molecule has 0 radical (unpaired) electrons. The van der Waals surface area contributed by atoms with Crippen molar-refractivity contribution in [3.05, 3.63) is 30.3 Å². The predicted octanol–water partition coefficient (Wildman–Crippen LogP) is 3.21. The lowest BCUT2D eigenvalue weighted by Gasteiger charge is -2.36. The minimum absolute atomic E-state index is 0.0326. The van der Waals surface area contributed by atoms with Crippen LogP contribution in [0.3, 0.4) is 0 Å². The molecule has 160 valence electrons. The molecular weight excluding hydrogens is 383 g/mol. The monoisotopic (exact) mass is 411 g/mol. The van der Waals surface area contributed by atoms with Crippen molar-refractivity contribution in [1.82, 2.24) is 10.2 Å². The van der Waals surface area contributed by atoms with Gasteiger partial charge in [-0.3, -0.25) is 9.59 Å². The van der Waals surface area contributed by atoms with Crippen molar-refractivity contribution in [2.45, 2.75) is 38.3 Å². The zero-order chi connectivity index (χ0) is 20.9. The van der Waals surface area contributed by atoms with Gasteiger partial charge >= 0.3 is 6.18 Å². The average molecular weight is 411 g/mol. The standard InChI is InChI=1S/C21H28F3N3O2/c22-21(23,24)17-6-4-5-16(15-17)20(29)25-10-9-19(28)27-13-11-26(12-14-27)18-7-2-1-3-8-18/h1-3,7-8,16-17H,4-6,9-15H2,(H,25,29). The lowest BCUT2D eigenvalue weighted by Crippen LogP contribution is -2.49. The largest absolute Gasteiger partial charge is 0.391 e. The summed E-state index contributed by atoms with van der Waals surface area (Å²) in [5.74, 6) is -2.40. The molecule has 1 aromatic rings. The number of piperazine rings is 1. The van der Waals surface area contributed by atoms with Gasteiger partial charge in [0.1, 0.15) is 0 Å².